The molecule has 0 aliphatic carbocycles. The van der Waals surface area contributed by atoms with Crippen LogP contribution in [0, 0.1) is 0 Å². The summed E-state index contributed by atoms with van der Waals surface area (Å²) in [6.45, 7) is 3.99. The molecule has 1 atom stereocenters. The molecule has 29 heavy (non-hydrogen) atoms. The van der Waals surface area contributed by atoms with Gasteiger partial charge in [0.05, 0.1) is 12.2 Å². The Bertz CT molecular complexity index is 956. The van der Waals surface area contributed by atoms with Crippen molar-refractivity contribution in [2.75, 3.05) is 25.1 Å². The number of hydrogen-bond acceptors (Lipinski definition) is 5. The van der Waals surface area contributed by atoms with Crippen LogP contribution in [0.3, 0.4) is 0 Å². The van der Waals surface area contributed by atoms with Gasteiger partial charge in [-0.15, -0.1) is 0 Å². The fraction of sp³-hybridized carbons (Fsp3) is 0.364. The minimum atomic E-state index is -0.774. The standard InChI is InChI=1S/C22H24N2O5/c1-22(2)11-14-7-6-10-17(20(14)29-22)27-13-19(25)24-12-18(21(26)23-3)28-16-9-5-4-8-15(16)24/h4-10,18H,11-13H2,1-3H3,(H,23,26)/t18-/m0/s1. The van der Waals surface area contributed by atoms with Gasteiger partial charge in [-0.25, -0.2) is 0 Å². The second-order valence-corrected chi connectivity index (χ2v) is 7.76. The number of fused-ring (bicyclic) bond motifs is 2. The summed E-state index contributed by atoms with van der Waals surface area (Å²) in [7, 11) is 1.54. The molecule has 4 rings (SSSR count). The van der Waals surface area contributed by atoms with Gasteiger partial charge in [0.25, 0.3) is 11.8 Å². The van der Waals surface area contributed by atoms with E-state index in [2.05, 4.69) is 5.32 Å². The van der Waals surface area contributed by atoms with Crippen molar-refractivity contribution in [1.82, 2.24) is 5.32 Å². The van der Waals surface area contributed by atoms with Gasteiger partial charge < -0.3 is 24.4 Å². The van der Waals surface area contributed by atoms with Crippen LogP contribution < -0.4 is 24.4 Å². The van der Waals surface area contributed by atoms with Crippen molar-refractivity contribution in [2.45, 2.75) is 32.0 Å². The summed E-state index contributed by atoms with van der Waals surface area (Å²) in [6, 6.07) is 12.9. The molecule has 0 bridgehead atoms. The highest BCUT2D eigenvalue weighted by molar-refractivity contribution is 5.98. The first-order valence-corrected chi connectivity index (χ1v) is 9.59. The van der Waals surface area contributed by atoms with Crippen molar-refractivity contribution < 1.29 is 23.8 Å². The number of nitrogens with zero attached hydrogens (tertiary/aromatic N) is 1. The average molecular weight is 396 g/mol. The fourth-order valence-electron chi connectivity index (χ4n) is 3.69. The summed E-state index contributed by atoms with van der Waals surface area (Å²) >= 11 is 0. The third-order valence-corrected chi connectivity index (χ3v) is 5.02. The number of amides is 2. The Labute approximate surface area is 169 Å². The first-order valence-electron chi connectivity index (χ1n) is 9.59. The molecule has 0 saturated heterocycles. The minimum Gasteiger partial charge on any atom is -0.483 e. The molecule has 0 unspecified atom stereocenters. The molecular formula is C22H24N2O5. The predicted octanol–water partition coefficient (Wildman–Crippen LogP) is 2.32. The molecule has 152 valence electrons. The second kappa shape index (κ2) is 7.31. The number of carbonyl (C=O) groups is 2. The van der Waals surface area contributed by atoms with Crippen molar-refractivity contribution in [3.8, 4) is 17.2 Å². The monoisotopic (exact) mass is 396 g/mol. The van der Waals surface area contributed by atoms with E-state index in [-0.39, 0.29) is 30.6 Å². The first-order chi connectivity index (χ1) is 13.9. The van der Waals surface area contributed by atoms with Crippen molar-refractivity contribution in [3.63, 3.8) is 0 Å². The normalized spacial score (nSPS) is 18.7. The molecule has 0 radical (unpaired) electrons. The lowest BCUT2D eigenvalue weighted by atomic mass is 10.0. The highest BCUT2D eigenvalue weighted by Gasteiger charge is 2.35. The van der Waals surface area contributed by atoms with Crippen molar-refractivity contribution in [3.05, 3.63) is 48.0 Å². The molecule has 2 aliphatic heterocycles. The molecule has 2 aromatic rings. The van der Waals surface area contributed by atoms with Crippen molar-refractivity contribution in [2.24, 2.45) is 0 Å². The SMILES string of the molecule is CNC(=O)[C@@H]1CN(C(=O)COc2cccc3c2OC(C)(C)C3)c2ccccc2O1. The van der Waals surface area contributed by atoms with Crippen LogP contribution in [0.4, 0.5) is 5.69 Å². The zero-order valence-corrected chi connectivity index (χ0v) is 16.7. The number of benzene rings is 2. The third kappa shape index (κ3) is 3.72. The zero-order chi connectivity index (χ0) is 20.6. The molecule has 2 amide bonds. The van der Waals surface area contributed by atoms with E-state index in [1.807, 2.05) is 32.0 Å². The number of carbonyl (C=O) groups excluding carboxylic acids is 2. The van der Waals surface area contributed by atoms with Gasteiger partial charge in [0, 0.05) is 19.0 Å². The van der Waals surface area contributed by atoms with Crippen LogP contribution in [-0.2, 0) is 16.0 Å². The Morgan fingerprint density at radius 3 is 2.79 bits per heavy atom. The quantitative estimate of drug-likeness (QED) is 0.858. The lowest BCUT2D eigenvalue weighted by molar-refractivity contribution is -0.128. The van der Waals surface area contributed by atoms with Gasteiger partial charge in [0.1, 0.15) is 11.4 Å². The van der Waals surface area contributed by atoms with Crippen LogP contribution in [0.5, 0.6) is 17.2 Å². The van der Waals surface area contributed by atoms with Gasteiger partial charge in [-0.05, 0) is 32.0 Å². The summed E-state index contributed by atoms with van der Waals surface area (Å²) in [5, 5.41) is 2.57. The van der Waals surface area contributed by atoms with Crippen LogP contribution in [0.2, 0.25) is 0 Å². The summed E-state index contributed by atoms with van der Waals surface area (Å²) in [6.07, 6.45) is 0.0157. The maximum Gasteiger partial charge on any atom is 0.265 e. The Morgan fingerprint density at radius 2 is 2.00 bits per heavy atom. The van der Waals surface area contributed by atoms with E-state index in [0.717, 1.165) is 12.0 Å². The molecule has 7 heteroatoms. The number of nitrogens with one attached hydrogen (secondary N) is 1. The minimum absolute atomic E-state index is 0.120. The van der Waals surface area contributed by atoms with Gasteiger partial charge in [-0.1, -0.05) is 24.3 Å². The van der Waals surface area contributed by atoms with Crippen molar-refractivity contribution in [1.29, 1.82) is 0 Å². The molecular weight excluding hydrogens is 372 g/mol. The number of ether oxygens (including phenoxy) is 3. The molecule has 2 aliphatic rings. The number of anilines is 1. The van der Waals surface area contributed by atoms with E-state index in [1.54, 1.807) is 31.3 Å². The third-order valence-electron chi connectivity index (χ3n) is 5.02. The van der Waals surface area contributed by atoms with E-state index in [1.165, 1.54) is 4.90 Å². The fourth-order valence-corrected chi connectivity index (χ4v) is 3.69. The summed E-state index contributed by atoms with van der Waals surface area (Å²) < 4.78 is 17.6. The van der Waals surface area contributed by atoms with Crippen LogP contribution >= 0.6 is 0 Å². The average Bonchev–Trinajstić information content (AvgIpc) is 3.04. The topological polar surface area (TPSA) is 77.1 Å². The van der Waals surface area contributed by atoms with Gasteiger partial charge in [0.2, 0.25) is 0 Å². The second-order valence-electron chi connectivity index (χ2n) is 7.76. The number of rotatable bonds is 4. The lowest BCUT2D eigenvalue weighted by Crippen LogP contribution is -2.51. The zero-order valence-electron chi connectivity index (χ0n) is 16.7. The molecule has 0 fully saturated rings. The number of likely N-dealkylation sites (N-methyl/N-ethyl adjacent to an activating group) is 1. The van der Waals surface area contributed by atoms with Gasteiger partial charge in [-0.2, -0.15) is 0 Å². The Hall–Kier alpha value is -3.22. The maximum absolute atomic E-state index is 13.0. The Kier molecular flexibility index (Phi) is 4.82. The predicted molar refractivity (Wildman–Crippen MR) is 108 cm³/mol. The highest BCUT2D eigenvalue weighted by atomic mass is 16.5. The van der Waals surface area contributed by atoms with Gasteiger partial charge >= 0.3 is 0 Å². The smallest absolute Gasteiger partial charge is 0.265 e. The van der Waals surface area contributed by atoms with Crippen LogP contribution in [-0.4, -0.2) is 43.7 Å². The largest absolute Gasteiger partial charge is 0.483 e. The summed E-state index contributed by atoms with van der Waals surface area (Å²) in [5.41, 5.74) is 1.39. The molecule has 7 nitrogen and oxygen atoms in total. The molecule has 2 aromatic carbocycles. The Morgan fingerprint density at radius 1 is 1.21 bits per heavy atom. The van der Waals surface area contributed by atoms with E-state index in [4.69, 9.17) is 14.2 Å². The molecule has 0 spiro atoms. The summed E-state index contributed by atoms with van der Waals surface area (Å²) in [4.78, 5) is 26.6. The number of hydrogen-bond donors (Lipinski definition) is 1. The van der Waals surface area contributed by atoms with E-state index < -0.39 is 6.10 Å². The van der Waals surface area contributed by atoms with Gasteiger partial charge in [0.15, 0.2) is 24.2 Å². The maximum atomic E-state index is 13.0. The Balaban J connectivity index is 1.52. The van der Waals surface area contributed by atoms with Crippen LogP contribution in [0.25, 0.3) is 0 Å². The highest BCUT2D eigenvalue weighted by Crippen LogP contribution is 2.42. The van der Waals surface area contributed by atoms with Crippen molar-refractivity contribution >= 4 is 17.5 Å². The molecule has 1 N–H and O–H groups in total. The molecule has 0 aromatic heterocycles. The first kappa shape index (κ1) is 19.1. The molecule has 0 saturated carbocycles. The van der Waals surface area contributed by atoms with E-state index >= 15 is 0 Å². The van der Waals surface area contributed by atoms with E-state index in [9.17, 15) is 9.59 Å². The van der Waals surface area contributed by atoms with Crippen LogP contribution in [0.1, 0.15) is 19.4 Å². The number of para-hydroxylation sites is 3. The van der Waals surface area contributed by atoms with Crippen LogP contribution in [0.15, 0.2) is 42.5 Å². The summed E-state index contributed by atoms with van der Waals surface area (Å²) in [5.74, 6) is 1.19. The molecule has 2 heterocycles. The van der Waals surface area contributed by atoms with Gasteiger partial charge in [-0.3, -0.25) is 9.59 Å². The lowest BCUT2D eigenvalue weighted by Gasteiger charge is -2.34. The van der Waals surface area contributed by atoms with E-state index in [0.29, 0.717) is 22.9 Å².